The summed E-state index contributed by atoms with van der Waals surface area (Å²) in [5.41, 5.74) is 5.14. The maximum atomic E-state index is 12.6. The predicted molar refractivity (Wildman–Crippen MR) is 115 cm³/mol. The lowest BCUT2D eigenvalue weighted by Gasteiger charge is -2.24. The Bertz CT molecular complexity index is 1040. The van der Waals surface area contributed by atoms with E-state index >= 15 is 0 Å². The van der Waals surface area contributed by atoms with Crippen LogP contribution in [-0.4, -0.2) is 30.7 Å². The fourth-order valence-electron chi connectivity index (χ4n) is 4.45. The molecular weight excluding hydrogens is 364 g/mol. The van der Waals surface area contributed by atoms with E-state index in [2.05, 4.69) is 41.2 Å². The number of rotatable bonds is 6. The van der Waals surface area contributed by atoms with Crippen molar-refractivity contribution >= 4 is 16.8 Å². The fourth-order valence-corrected chi connectivity index (χ4v) is 4.45. The molecule has 4 rings (SSSR count). The number of nitrogens with one attached hydrogen (secondary N) is 1. The number of methoxy groups -OCH3 is 2. The van der Waals surface area contributed by atoms with Crippen LogP contribution < -0.4 is 14.8 Å². The van der Waals surface area contributed by atoms with Gasteiger partial charge in [-0.25, -0.2) is 0 Å². The number of carbonyl (C=O) groups is 1. The number of fused-ring (bicyclic) bond motifs is 3. The maximum Gasteiger partial charge on any atom is 0.220 e. The first-order valence-corrected chi connectivity index (χ1v) is 10.2. The Labute approximate surface area is 171 Å². The summed E-state index contributed by atoms with van der Waals surface area (Å²) in [5, 5.41) is 4.57. The summed E-state index contributed by atoms with van der Waals surface area (Å²) in [5.74, 6) is 1.50. The molecule has 0 saturated carbocycles. The van der Waals surface area contributed by atoms with Crippen molar-refractivity contribution in [3.05, 3.63) is 59.3 Å². The summed E-state index contributed by atoms with van der Waals surface area (Å²) in [4.78, 5) is 12.6. The van der Waals surface area contributed by atoms with Crippen molar-refractivity contribution in [3.63, 3.8) is 0 Å². The topological polar surface area (TPSA) is 52.5 Å². The zero-order valence-electron chi connectivity index (χ0n) is 17.3. The number of aromatic nitrogens is 1. The number of ether oxygens (including phenoxy) is 2. The Kier molecular flexibility index (Phi) is 5.47. The summed E-state index contributed by atoms with van der Waals surface area (Å²) in [6, 6.07) is 14.5. The van der Waals surface area contributed by atoms with Gasteiger partial charge >= 0.3 is 0 Å². The maximum absolute atomic E-state index is 12.6. The van der Waals surface area contributed by atoms with Gasteiger partial charge in [0.25, 0.3) is 0 Å². The van der Waals surface area contributed by atoms with Crippen LogP contribution in [0.4, 0.5) is 0 Å². The van der Waals surface area contributed by atoms with Crippen molar-refractivity contribution in [2.24, 2.45) is 7.05 Å². The van der Waals surface area contributed by atoms with E-state index in [-0.39, 0.29) is 11.9 Å². The van der Waals surface area contributed by atoms with E-state index in [0.717, 1.165) is 24.8 Å². The fraction of sp³-hybridized carbons (Fsp3) is 0.375. The van der Waals surface area contributed by atoms with Gasteiger partial charge in [-0.3, -0.25) is 4.79 Å². The van der Waals surface area contributed by atoms with E-state index in [1.54, 1.807) is 14.2 Å². The van der Waals surface area contributed by atoms with Crippen LogP contribution in [0, 0.1) is 0 Å². The first kappa shape index (κ1) is 19.4. The van der Waals surface area contributed by atoms with Gasteiger partial charge < -0.3 is 19.4 Å². The summed E-state index contributed by atoms with van der Waals surface area (Å²) >= 11 is 0. The number of nitrogens with zero attached hydrogens (tertiary/aromatic N) is 1. The highest BCUT2D eigenvalue weighted by molar-refractivity contribution is 5.86. The predicted octanol–water partition coefficient (Wildman–Crippen LogP) is 3.80. The Morgan fingerprint density at radius 2 is 1.93 bits per heavy atom. The van der Waals surface area contributed by atoms with Crippen LogP contribution in [0.2, 0.25) is 0 Å². The molecule has 1 amide bonds. The largest absolute Gasteiger partial charge is 0.493 e. The molecule has 5 heteroatoms. The summed E-state index contributed by atoms with van der Waals surface area (Å²) in [7, 11) is 5.39. The van der Waals surface area contributed by atoms with Gasteiger partial charge in [0.2, 0.25) is 5.91 Å². The molecule has 152 valence electrons. The van der Waals surface area contributed by atoms with Gasteiger partial charge in [-0.05, 0) is 55.0 Å². The smallest absolute Gasteiger partial charge is 0.220 e. The minimum absolute atomic E-state index is 0.105. The second kappa shape index (κ2) is 8.19. The molecule has 1 N–H and O–H groups in total. The van der Waals surface area contributed by atoms with Gasteiger partial charge in [0, 0.05) is 36.1 Å². The van der Waals surface area contributed by atoms with Crippen LogP contribution >= 0.6 is 0 Å². The van der Waals surface area contributed by atoms with Crippen LogP contribution in [-0.2, 0) is 31.1 Å². The summed E-state index contributed by atoms with van der Waals surface area (Å²) < 4.78 is 12.9. The first-order chi connectivity index (χ1) is 14.1. The van der Waals surface area contributed by atoms with E-state index in [9.17, 15) is 4.79 Å². The van der Waals surface area contributed by atoms with E-state index in [1.165, 1.54) is 22.2 Å². The Balaban J connectivity index is 1.38. The Hall–Kier alpha value is -2.95. The quantitative estimate of drug-likeness (QED) is 0.694. The van der Waals surface area contributed by atoms with Crippen LogP contribution in [0.15, 0.2) is 42.5 Å². The zero-order chi connectivity index (χ0) is 20.4. The Morgan fingerprint density at radius 1 is 1.14 bits per heavy atom. The number of benzene rings is 2. The van der Waals surface area contributed by atoms with E-state index < -0.39 is 0 Å². The highest BCUT2D eigenvalue weighted by Crippen LogP contribution is 2.31. The number of carbonyl (C=O) groups excluding carboxylic acids is 1. The lowest BCUT2D eigenvalue weighted by atomic mass is 9.91. The lowest BCUT2D eigenvalue weighted by molar-refractivity contribution is -0.121. The summed E-state index contributed by atoms with van der Waals surface area (Å²) in [6.45, 7) is 0. The van der Waals surface area contributed by atoms with Gasteiger partial charge in [0.1, 0.15) is 0 Å². The molecule has 1 aliphatic carbocycles. The first-order valence-electron chi connectivity index (χ1n) is 10.2. The van der Waals surface area contributed by atoms with Crippen molar-refractivity contribution in [2.75, 3.05) is 14.2 Å². The number of hydrogen-bond donors (Lipinski definition) is 1. The van der Waals surface area contributed by atoms with E-state index in [1.807, 2.05) is 18.2 Å². The van der Waals surface area contributed by atoms with Crippen molar-refractivity contribution in [2.45, 2.75) is 38.1 Å². The van der Waals surface area contributed by atoms with Gasteiger partial charge in [-0.15, -0.1) is 0 Å². The normalized spacial score (nSPS) is 15.8. The molecule has 1 unspecified atom stereocenters. The molecule has 0 spiro atoms. The third-order valence-electron chi connectivity index (χ3n) is 5.98. The van der Waals surface area contributed by atoms with Gasteiger partial charge in [0.05, 0.1) is 14.2 Å². The number of para-hydroxylation sites is 1. The number of aryl methyl sites for hydroxylation is 2. The molecule has 29 heavy (non-hydrogen) atoms. The van der Waals surface area contributed by atoms with Crippen molar-refractivity contribution < 1.29 is 14.3 Å². The minimum Gasteiger partial charge on any atom is -0.493 e. The lowest BCUT2D eigenvalue weighted by Crippen LogP contribution is -2.39. The standard InChI is InChI=1S/C24H28N2O3/c1-26-20-7-5-4-6-18(20)19-15-17(10-11-21(19)26)25-24(27)13-9-16-8-12-22(28-2)23(14-16)29-3/h4-8,12,14,17H,9-11,13,15H2,1-3H3,(H,25,27). The van der Waals surface area contributed by atoms with E-state index in [4.69, 9.17) is 9.47 Å². The molecule has 0 radical (unpaired) electrons. The van der Waals surface area contributed by atoms with Crippen molar-refractivity contribution in [3.8, 4) is 11.5 Å². The molecule has 5 nitrogen and oxygen atoms in total. The highest BCUT2D eigenvalue weighted by atomic mass is 16.5. The molecule has 1 heterocycles. The molecule has 0 aliphatic heterocycles. The Morgan fingerprint density at radius 3 is 2.72 bits per heavy atom. The third-order valence-corrected chi connectivity index (χ3v) is 5.98. The molecule has 1 aliphatic rings. The number of hydrogen-bond acceptors (Lipinski definition) is 3. The van der Waals surface area contributed by atoms with Crippen molar-refractivity contribution in [1.29, 1.82) is 0 Å². The second-order valence-corrected chi connectivity index (χ2v) is 7.70. The molecule has 2 aromatic carbocycles. The van der Waals surface area contributed by atoms with Gasteiger partial charge in [0.15, 0.2) is 11.5 Å². The average molecular weight is 392 g/mol. The molecular formula is C24H28N2O3. The van der Waals surface area contributed by atoms with Crippen LogP contribution in [0.25, 0.3) is 10.9 Å². The highest BCUT2D eigenvalue weighted by Gasteiger charge is 2.25. The monoisotopic (exact) mass is 392 g/mol. The summed E-state index contributed by atoms with van der Waals surface area (Å²) in [6.07, 6.45) is 4.03. The van der Waals surface area contributed by atoms with Crippen LogP contribution in [0.5, 0.6) is 11.5 Å². The minimum atomic E-state index is 0.105. The third kappa shape index (κ3) is 3.82. The van der Waals surface area contributed by atoms with Gasteiger partial charge in [-0.2, -0.15) is 0 Å². The average Bonchev–Trinajstić information content (AvgIpc) is 3.04. The molecule has 0 fully saturated rings. The van der Waals surface area contributed by atoms with Crippen LogP contribution in [0.1, 0.15) is 29.7 Å². The molecule has 1 atom stereocenters. The van der Waals surface area contributed by atoms with Crippen LogP contribution in [0.3, 0.4) is 0 Å². The molecule has 0 bridgehead atoms. The molecule has 1 aromatic heterocycles. The SMILES string of the molecule is COc1ccc(CCC(=O)NC2CCc3c(c4ccccc4n3C)C2)cc1OC. The molecule has 0 saturated heterocycles. The molecule has 3 aromatic rings. The van der Waals surface area contributed by atoms with Crippen molar-refractivity contribution in [1.82, 2.24) is 9.88 Å². The second-order valence-electron chi connectivity index (χ2n) is 7.70. The zero-order valence-corrected chi connectivity index (χ0v) is 17.3. The van der Waals surface area contributed by atoms with E-state index in [0.29, 0.717) is 24.3 Å². The van der Waals surface area contributed by atoms with Gasteiger partial charge in [-0.1, -0.05) is 24.3 Å². The number of amides is 1.